The second-order valence-corrected chi connectivity index (χ2v) is 8.41. The van der Waals surface area contributed by atoms with Crippen LogP contribution in [-0.4, -0.2) is 28.2 Å². The lowest BCUT2D eigenvalue weighted by Gasteiger charge is -2.26. The van der Waals surface area contributed by atoms with Crippen LogP contribution in [0.5, 0.6) is 0 Å². The lowest BCUT2D eigenvalue weighted by atomic mass is 9.96. The minimum Gasteiger partial charge on any atom is -0.467 e. The summed E-state index contributed by atoms with van der Waals surface area (Å²) >= 11 is 0. The molecular weight excluding hydrogens is 402 g/mol. The quantitative estimate of drug-likeness (QED) is 0.515. The molecule has 0 aliphatic carbocycles. The number of carbonyl (C=O) groups excluding carboxylic acids is 2. The molecule has 2 unspecified atom stereocenters. The number of hydrogen-bond donors (Lipinski definition) is 0. The maximum Gasteiger partial charge on any atom is 0.228 e. The summed E-state index contributed by atoms with van der Waals surface area (Å²) < 4.78 is 5.49. The van der Waals surface area contributed by atoms with E-state index in [1.807, 2.05) is 42.5 Å². The Hall–Kier alpha value is -3.41. The predicted molar refractivity (Wildman–Crippen MR) is 123 cm³/mol. The van der Waals surface area contributed by atoms with Gasteiger partial charge in [-0.25, -0.2) is 0 Å². The number of nitrogens with zero attached hydrogens (tertiary/aromatic N) is 3. The molecule has 0 radical (unpaired) electrons. The van der Waals surface area contributed by atoms with E-state index in [0.29, 0.717) is 31.3 Å². The van der Waals surface area contributed by atoms with Crippen LogP contribution < -0.4 is 4.90 Å². The van der Waals surface area contributed by atoms with E-state index in [4.69, 9.17) is 4.42 Å². The van der Waals surface area contributed by atoms with Crippen LogP contribution >= 0.6 is 0 Å². The van der Waals surface area contributed by atoms with Gasteiger partial charge in [-0.2, -0.15) is 0 Å². The van der Waals surface area contributed by atoms with E-state index >= 15 is 0 Å². The maximum atomic E-state index is 13.6. The van der Waals surface area contributed by atoms with Crippen molar-refractivity contribution in [3.8, 4) is 0 Å². The van der Waals surface area contributed by atoms with Gasteiger partial charge in [0.1, 0.15) is 5.76 Å². The van der Waals surface area contributed by atoms with Crippen molar-refractivity contribution in [1.82, 2.24) is 9.88 Å². The zero-order valence-electron chi connectivity index (χ0n) is 18.6. The fraction of sp³-hybridized carbons (Fsp3) is 0.346. The molecule has 1 saturated heterocycles. The Morgan fingerprint density at radius 3 is 2.75 bits per heavy atom. The molecule has 1 fully saturated rings. The highest BCUT2D eigenvalue weighted by molar-refractivity contribution is 6.00. The zero-order valence-corrected chi connectivity index (χ0v) is 18.6. The summed E-state index contributed by atoms with van der Waals surface area (Å²) in [7, 11) is 0. The van der Waals surface area contributed by atoms with E-state index in [2.05, 4.69) is 24.9 Å². The van der Waals surface area contributed by atoms with Crippen LogP contribution in [0.25, 0.3) is 0 Å². The molecule has 166 valence electrons. The molecule has 2 aromatic heterocycles. The molecular formula is C26H29N3O3. The SMILES string of the molecule is CCC(C)c1ccccc1N1CC(C(=O)N(Cc2cccnc2)Cc2ccco2)CC1=O. The molecule has 2 atom stereocenters. The number of carbonyl (C=O) groups is 2. The van der Waals surface area contributed by atoms with Gasteiger partial charge in [0.05, 0.1) is 18.7 Å². The summed E-state index contributed by atoms with van der Waals surface area (Å²) in [6.45, 7) is 5.48. The number of amides is 2. The molecule has 0 bridgehead atoms. The third kappa shape index (κ3) is 4.74. The number of furan rings is 1. The standard InChI is InChI=1S/C26H29N3O3/c1-3-19(2)23-10-4-5-11-24(23)29-17-21(14-25(29)30)26(31)28(18-22-9-7-13-32-22)16-20-8-6-12-27-15-20/h4-13,15,19,21H,3,14,16-18H2,1-2H3. The third-order valence-corrected chi connectivity index (χ3v) is 6.18. The van der Waals surface area contributed by atoms with Gasteiger partial charge >= 0.3 is 0 Å². The van der Waals surface area contributed by atoms with Crippen molar-refractivity contribution in [2.24, 2.45) is 5.92 Å². The van der Waals surface area contributed by atoms with Crippen LogP contribution in [0.1, 0.15) is 49.5 Å². The summed E-state index contributed by atoms with van der Waals surface area (Å²) in [4.78, 5) is 34.3. The van der Waals surface area contributed by atoms with Gasteiger partial charge in [0.15, 0.2) is 0 Å². The summed E-state index contributed by atoms with van der Waals surface area (Å²) in [5.41, 5.74) is 3.02. The lowest BCUT2D eigenvalue weighted by Crippen LogP contribution is -2.36. The highest BCUT2D eigenvalue weighted by atomic mass is 16.3. The minimum atomic E-state index is -0.390. The number of pyridine rings is 1. The largest absolute Gasteiger partial charge is 0.467 e. The first-order chi connectivity index (χ1) is 15.6. The van der Waals surface area contributed by atoms with E-state index in [1.54, 1.807) is 28.5 Å². The van der Waals surface area contributed by atoms with Gasteiger partial charge in [0.2, 0.25) is 11.8 Å². The fourth-order valence-corrected chi connectivity index (χ4v) is 4.25. The second-order valence-electron chi connectivity index (χ2n) is 8.41. The summed E-state index contributed by atoms with van der Waals surface area (Å²) in [5, 5.41) is 0. The summed E-state index contributed by atoms with van der Waals surface area (Å²) in [5.74, 6) is 0.625. The highest BCUT2D eigenvalue weighted by Gasteiger charge is 2.38. The Bertz CT molecular complexity index is 1050. The molecule has 1 aliphatic rings. The highest BCUT2D eigenvalue weighted by Crippen LogP contribution is 2.34. The van der Waals surface area contributed by atoms with E-state index in [-0.39, 0.29) is 24.2 Å². The monoisotopic (exact) mass is 431 g/mol. The molecule has 3 aromatic rings. The molecule has 0 saturated carbocycles. The smallest absolute Gasteiger partial charge is 0.228 e. The topological polar surface area (TPSA) is 66.7 Å². The predicted octanol–water partition coefficient (Wildman–Crippen LogP) is 4.77. The van der Waals surface area contributed by atoms with E-state index in [0.717, 1.165) is 23.2 Å². The Labute approximate surface area is 188 Å². The van der Waals surface area contributed by atoms with Crippen LogP contribution in [0.15, 0.2) is 71.6 Å². The van der Waals surface area contributed by atoms with Crippen LogP contribution in [0, 0.1) is 5.92 Å². The second kappa shape index (κ2) is 9.81. The van der Waals surface area contributed by atoms with Crippen molar-refractivity contribution < 1.29 is 14.0 Å². The van der Waals surface area contributed by atoms with Gasteiger partial charge in [-0.05, 0) is 47.7 Å². The van der Waals surface area contributed by atoms with Gasteiger partial charge in [-0.1, -0.05) is 38.1 Å². The van der Waals surface area contributed by atoms with Gasteiger partial charge in [0.25, 0.3) is 0 Å². The number of para-hydroxylation sites is 1. The molecule has 2 amide bonds. The van der Waals surface area contributed by atoms with Gasteiger partial charge in [-0.3, -0.25) is 14.6 Å². The number of benzene rings is 1. The van der Waals surface area contributed by atoms with Crippen LogP contribution in [-0.2, 0) is 22.7 Å². The molecule has 1 aromatic carbocycles. The Morgan fingerprint density at radius 1 is 1.19 bits per heavy atom. The normalized spacial score (nSPS) is 16.9. The lowest BCUT2D eigenvalue weighted by molar-refractivity contribution is -0.137. The average Bonchev–Trinajstić information content (AvgIpc) is 3.48. The van der Waals surface area contributed by atoms with E-state index < -0.39 is 0 Å². The molecule has 0 N–H and O–H groups in total. The molecule has 4 rings (SSSR count). The van der Waals surface area contributed by atoms with Crippen molar-refractivity contribution >= 4 is 17.5 Å². The first kappa shape index (κ1) is 21.8. The van der Waals surface area contributed by atoms with Crippen molar-refractivity contribution in [2.45, 2.75) is 45.7 Å². The molecule has 3 heterocycles. The Kier molecular flexibility index (Phi) is 6.69. The number of rotatable bonds is 8. The van der Waals surface area contributed by atoms with Crippen molar-refractivity contribution in [3.63, 3.8) is 0 Å². The molecule has 0 spiro atoms. The maximum absolute atomic E-state index is 13.6. The summed E-state index contributed by atoms with van der Waals surface area (Å²) in [6.07, 6.45) is 6.29. The molecule has 32 heavy (non-hydrogen) atoms. The number of anilines is 1. The molecule has 1 aliphatic heterocycles. The molecule has 6 nitrogen and oxygen atoms in total. The summed E-state index contributed by atoms with van der Waals surface area (Å²) in [6, 6.07) is 15.5. The number of aromatic nitrogens is 1. The first-order valence-corrected chi connectivity index (χ1v) is 11.2. The van der Waals surface area contributed by atoms with Crippen LogP contribution in [0.3, 0.4) is 0 Å². The van der Waals surface area contributed by atoms with Gasteiger partial charge in [-0.15, -0.1) is 0 Å². The van der Waals surface area contributed by atoms with Crippen LogP contribution in [0.4, 0.5) is 5.69 Å². The van der Waals surface area contributed by atoms with Gasteiger partial charge in [0, 0.05) is 37.6 Å². The average molecular weight is 432 g/mol. The van der Waals surface area contributed by atoms with E-state index in [1.165, 1.54) is 0 Å². The van der Waals surface area contributed by atoms with Crippen molar-refractivity contribution in [2.75, 3.05) is 11.4 Å². The van der Waals surface area contributed by atoms with Crippen molar-refractivity contribution in [3.05, 3.63) is 84.1 Å². The molecule has 6 heteroatoms. The van der Waals surface area contributed by atoms with Gasteiger partial charge < -0.3 is 14.2 Å². The van der Waals surface area contributed by atoms with E-state index in [9.17, 15) is 9.59 Å². The Balaban J connectivity index is 1.55. The first-order valence-electron chi connectivity index (χ1n) is 11.2. The number of hydrogen-bond acceptors (Lipinski definition) is 4. The van der Waals surface area contributed by atoms with Crippen LogP contribution in [0.2, 0.25) is 0 Å². The Morgan fingerprint density at radius 2 is 2.03 bits per heavy atom. The minimum absolute atomic E-state index is 0.00145. The fourth-order valence-electron chi connectivity index (χ4n) is 4.25. The van der Waals surface area contributed by atoms with Crippen molar-refractivity contribution in [1.29, 1.82) is 0 Å². The zero-order chi connectivity index (χ0) is 22.5. The third-order valence-electron chi connectivity index (χ3n) is 6.18.